The summed E-state index contributed by atoms with van der Waals surface area (Å²) in [6, 6.07) is 0.552. The van der Waals surface area contributed by atoms with Crippen molar-refractivity contribution in [2.75, 3.05) is 26.7 Å². The Balaban J connectivity index is 0.00000128. The molecule has 96 valence electrons. The van der Waals surface area contributed by atoms with Crippen LogP contribution >= 0.6 is 12.4 Å². The molecule has 1 saturated heterocycles. The highest BCUT2D eigenvalue weighted by atomic mass is 35.5. The van der Waals surface area contributed by atoms with Gasteiger partial charge in [0.2, 0.25) is 0 Å². The lowest BCUT2D eigenvalue weighted by Gasteiger charge is -2.38. The normalized spacial score (nSPS) is 39.2. The standard InChI is InChI=1S/C12H24N2O.ClH/c1-9-5-10(9)8-14-4-3-12(15-2)6-11(14)7-13;/h9-12H,3-8,13H2,1-2H3;1H. The molecular formula is C12H25ClN2O. The number of nitrogens with zero attached hydrogens (tertiary/aromatic N) is 1. The summed E-state index contributed by atoms with van der Waals surface area (Å²) in [6.45, 7) is 5.56. The summed E-state index contributed by atoms with van der Waals surface area (Å²) in [7, 11) is 1.82. The topological polar surface area (TPSA) is 38.5 Å². The monoisotopic (exact) mass is 248 g/mol. The predicted octanol–water partition coefficient (Wildman–Crippen LogP) is 1.50. The van der Waals surface area contributed by atoms with Crippen LogP contribution in [0.15, 0.2) is 0 Å². The van der Waals surface area contributed by atoms with E-state index in [0.717, 1.165) is 24.8 Å². The molecule has 0 amide bonds. The molecule has 4 atom stereocenters. The van der Waals surface area contributed by atoms with Crippen LogP contribution in [-0.2, 0) is 4.74 Å². The van der Waals surface area contributed by atoms with Crippen LogP contribution in [-0.4, -0.2) is 43.8 Å². The van der Waals surface area contributed by atoms with Crippen molar-refractivity contribution in [3.05, 3.63) is 0 Å². The van der Waals surface area contributed by atoms with Crippen molar-refractivity contribution in [2.24, 2.45) is 17.6 Å². The summed E-state index contributed by atoms with van der Waals surface area (Å²) in [5.74, 6) is 1.89. The van der Waals surface area contributed by atoms with Gasteiger partial charge < -0.3 is 10.5 Å². The molecule has 2 fully saturated rings. The van der Waals surface area contributed by atoms with Gasteiger partial charge in [0.25, 0.3) is 0 Å². The number of ether oxygens (including phenoxy) is 1. The molecule has 0 aromatic heterocycles. The Morgan fingerprint density at radius 3 is 2.56 bits per heavy atom. The molecule has 0 bridgehead atoms. The average Bonchev–Trinajstić information content (AvgIpc) is 2.95. The van der Waals surface area contributed by atoms with E-state index in [1.54, 1.807) is 0 Å². The molecule has 4 heteroatoms. The van der Waals surface area contributed by atoms with Crippen molar-refractivity contribution >= 4 is 12.4 Å². The Hall–Kier alpha value is 0.170. The van der Waals surface area contributed by atoms with E-state index in [-0.39, 0.29) is 12.4 Å². The van der Waals surface area contributed by atoms with Gasteiger partial charge >= 0.3 is 0 Å². The Labute approximate surface area is 105 Å². The van der Waals surface area contributed by atoms with E-state index in [1.165, 1.54) is 25.9 Å². The second-order valence-corrected chi connectivity index (χ2v) is 5.24. The maximum Gasteiger partial charge on any atom is 0.0599 e. The van der Waals surface area contributed by atoms with Crippen molar-refractivity contribution in [1.29, 1.82) is 0 Å². The molecular weight excluding hydrogens is 224 g/mol. The molecule has 1 saturated carbocycles. The minimum atomic E-state index is 0. The molecule has 4 unspecified atom stereocenters. The van der Waals surface area contributed by atoms with Crippen LogP contribution in [0.3, 0.4) is 0 Å². The highest BCUT2D eigenvalue weighted by molar-refractivity contribution is 5.85. The van der Waals surface area contributed by atoms with Gasteiger partial charge in [-0.15, -0.1) is 12.4 Å². The van der Waals surface area contributed by atoms with Crippen LogP contribution in [0.2, 0.25) is 0 Å². The van der Waals surface area contributed by atoms with E-state index in [2.05, 4.69) is 11.8 Å². The first-order valence-electron chi connectivity index (χ1n) is 6.21. The largest absolute Gasteiger partial charge is 0.381 e. The number of piperidine rings is 1. The number of rotatable bonds is 4. The van der Waals surface area contributed by atoms with Crippen LogP contribution in [0.25, 0.3) is 0 Å². The van der Waals surface area contributed by atoms with Crippen molar-refractivity contribution in [2.45, 2.75) is 38.3 Å². The van der Waals surface area contributed by atoms with E-state index in [4.69, 9.17) is 10.5 Å². The van der Waals surface area contributed by atoms with Crippen molar-refractivity contribution in [1.82, 2.24) is 4.90 Å². The predicted molar refractivity (Wildman–Crippen MR) is 69.0 cm³/mol. The molecule has 3 nitrogen and oxygen atoms in total. The molecule has 0 radical (unpaired) electrons. The maximum absolute atomic E-state index is 5.84. The number of halogens is 1. The molecule has 0 aromatic rings. The smallest absolute Gasteiger partial charge is 0.0599 e. The number of hydrogen-bond acceptors (Lipinski definition) is 3. The minimum Gasteiger partial charge on any atom is -0.381 e. The summed E-state index contributed by atoms with van der Waals surface area (Å²) in [4.78, 5) is 2.59. The van der Waals surface area contributed by atoms with Gasteiger partial charge in [-0.25, -0.2) is 0 Å². The fourth-order valence-corrected chi connectivity index (χ4v) is 2.72. The van der Waals surface area contributed by atoms with Crippen LogP contribution in [0.4, 0.5) is 0 Å². The van der Waals surface area contributed by atoms with Crippen LogP contribution < -0.4 is 5.73 Å². The highest BCUT2D eigenvalue weighted by Crippen LogP contribution is 2.39. The van der Waals surface area contributed by atoms with Crippen LogP contribution in [0.5, 0.6) is 0 Å². The lowest BCUT2D eigenvalue weighted by Crippen LogP contribution is -2.49. The van der Waals surface area contributed by atoms with E-state index in [9.17, 15) is 0 Å². The van der Waals surface area contributed by atoms with Crippen molar-refractivity contribution < 1.29 is 4.74 Å². The quantitative estimate of drug-likeness (QED) is 0.820. The summed E-state index contributed by atoms with van der Waals surface area (Å²) >= 11 is 0. The zero-order chi connectivity index (χ0) is 10.8. The fraction of sp³-hybridized carbons (Fsp3) is 1.00. The summed E-state index contributed by atoms with van der Waals surface area (Å²) in [6.07, 6.45) is 4.15. The number of likely N-dealkylation sites (tertiary alicyclic amines) is 1. The molecule has 16 heavy (non-hydrogen) atoms. The zero-order valence-electron chi connectivity index (χ0n) is 10.4. The first kappa shape index (κ1) is 14.2. The Morgan fingerprint density at radius 1 is 1.38 bits per heavy atom. The van der Waals surface area contributed by atoms with Gasteiger partial charge in [-0.1, -0.05) is 6.92 Å². The van der Waals surface area contributed by atoms with Gasteiger partial charge in [-0.2, -0.15) is 0 Å². The molecule has 1 aliphatic heterocycles. The second-order valence-electron chi connectivity index (χ2n) is 5.24. The first-order valence-corrected chi connectivity index (χ1v) is 6.21. The van der Waals surface area contributed by atoms with E-state index in [0.29, 0.717) is 12.1 Å². The van der Waals surface area contributed by atoms with E-state index >= 15 is 0 Å². The van der Waals surface area contributed by atoms with E-state index in [1.807, 2.05) is 7.11 Å². The Kier molecular flexibility index (Phi) is 5.51. The highest BCUT2D eigenvalue weighted by Gasteiger charge is 2.37. The Bertz CT molecular complexity index is 215. The SMILES string of the molecule is COC1CCN(CC2CC2C)C(CN)C1.Cl. The van der Waals surface area contributed by atoms with Gasteiger partial charge in [0.1, 0.15) is 0 Å². The third kappa shape index (κ3) is 3.33. The molecule has 2 N–H and O–H groups in total. The van der Waals surface area contributed by atoms with Crippen molar-refractivity contribution in [3.8, 4) is 0 Å². The van der Waals surface area contributed by atoms with Crippen LogP contribution in [0.1, 0.15) is 26.2 Å². The van der Waals surface area contributed by atoms with Gasteiger partial charge in [0.15, 0.2) is 0 Å². The molecule has 0 aromatic carbocycles. The molecule has 0 spiro atoms. The zero-order valence-corrected chi connectivity index (χ0v) is 11.2. The van der Waals surface area contributed by atoms with Crippen LogP contribution in [0, 0.1) is 11.8 Å². The number of methoxy groups -OCH3 is 1. The van der Waals surface area contributed by atoms with Gasteiger partial charge in [0.05, 0.1) is 6.10 Å². The second kappa shape index (κ2) is 6.20. The third-order valence-electron chi connectivity index (χ3n) is 4.14. The molecule has 2 rings (SSSR count). The summed E-state index contributed by atoms with van der Waals surface area (Å²) < 4.78 is 5.43. The maximum atomic E-state index is 5.84. The van der Waals surface area contributed by atoms with Gasteiger partial charge in [-0.3, -0.25) is 4.90 Å². The summed E-state index contributed by atoms with van der Waals surface area (Å²) in [5, 5.41) is 0. The molecule has 2 aliphatic rings. The number of hydrogen-bond donors (Lipinski definition) is 1. The average molecular weight is 249 g/mol. The Morgan fingerprint density at radius 2 is 2.06 bits per heavy atom. The lowest BCUT2D eigenvalue weighted by molar-refractivity contribution is 0.0113. The fourth-order valence-electron chi connectivity index (χ4n) is 2.72. The van der Waals surface area contributed by atoms with Gasteiger partial charge in [-0.05, 0) is 31.1 Å². The minimum absolute atomic E-state index is 0. The molecule has 1 heterocycles. The van der Waals surface area contributed by atoms with E-state index < -0.39 is 0 Å². The molecule has 1 aliphatic carbocycles. The lowest BCUT2D eigenvalue weighted by atomic mass is 9.99. The first-order chi connectivity index (χ1) is 7.24. The summed E-state index contributed by atoms with van der Waals surface area (Å²) in [5.41, 5.74) is 5.84. The number of nitrogens with two attached hydrogens (primary N) is 1. The van der Waals surface area contributed by atoms with Gasteiger partial charge in [0, 0.05) is 32.8 Å². The third-order valence-corrected chi connectivity index (χ3v) is 4.14. The van der Waals surface area contributed by atoms with Crippen molar-refractivity contribution in [3.63, 3.8) is 0 Å².